The maximum atomic E-state index is 12.4. The molecule has 0 spiro atoms. The molecule has 0 heterocycles. The van der Waals surface area contributed by atoms with Gasteiger partial charge in [0.1, 0.15) is 0 Å². The van der Waals surface area contributed by atoms with E-state index in [9.17, 15) is 15.0 Å². The van der Waals surface area contributed by atoms with Crippen LogP contribution in [0.1, 0.15) is 200 Å². The molecule has 4 heteroatoms. The first-order chi connectivity index (χ1) is 24.2. The van der Waals surface area contributed by atoms with E-state index in [-0.39, 0.29) is 12.5 Å². The van der Waals surface area contributed by atoms with Crippen LogP contribution < -0.4 is 5.32 Å². The van der Waals surface area contributed by atoms with E-state index in [1.54, 1.807) is 0 Å². The molecule has 0 aliphatic rings. The van der Waals surface area contributed by atoms with E-state index < -0.39 is 12.1 Å². The molecular formula is C45H81NO3. The van der Waals surface area contributed by atoms with E-state index in [2.05, 4.69) is 79.9 Å². The van der Waals surface area contributed by atoms with Crippen molar-refractivity contribution in [2.75, 3.05) is 6.61 Å². The van der Waals surface area contributed by atoms with Gasteiger partial charge in [-0.25, -0.2) is 0 Å². The third-order valence-corrected chi connectivity index (χ3v) is 9.25. The van der Waals surface area contributed by atoms with Crippen molar-refractivity contribution in [3.8, 4) is 0 Å². The van der Waals surface area contributed by atoms with E-state index in [4.69, 9.17) is 0 Å². The molecule has 0 aliphatic heterocycles. The van der Waals surface area contributed by atoms with Crippen LogP contribution in [-0.2, 0) is 4.79 Å². The summed E-state index contributed by atoms with van der Waals surface area (Å²) in [5.41, 5.74) is 0. The number of unbranched alkanes of at least 4 members (excludes halogenated alkanes) is 20. The summed E-state index contributed by atoms with van der Waals surface area (Å²) in [4.78, 5) is 12.4. The van der Waals surface area contributed by atoms with Gasteiger partial charge >= 0.3 is 0 Å². The zero-order valence-electron chi connectivity index (χ0n) is 32.4. The summed E-state index contributed by atoms with van der Waals surface area (Å²) in [6, 6.07) is -0.583. The molecule has 3 N–H and O–H groups in total. The average molecular weight is 684 g/mol. The fraction of sp³-hybridized carbons (Fsp3) is 0.756. The first-order valence-corrected chi connectivity index (χ1v) is 21.0. The Labute approximate surface area is 305 Å². The van der Waals surface area contributed by atoms with Crippen molar-refractivity contribution in [1.82, 2.24) is 5.32 Å². The molecule has 0 aromatic rings. The van der Waals surface area contributed by atoms with Gasteiger partial charge in [-0.05, 0) is 77.0 Å². The van der Waals surface area contributed by atoms with Gasteiger partial charge in [-0.2, -0.15) is 0 Å². The van der Waals surface area contributed by atoms with E-state index in [1.165, 1.54) is 122 Å². The highest BCUT2D eigenvalue weighted by molar-refractivity contribution is 5.76. The number of nitrogens with one attached hydrogen (secondary N) is 1. The summed E-state index contributed by atoms with van der Waals surface area (Å²) in [5, 5.41) is 23.1. The van der Waals surface area contributed by atoms with Crippen molar-refractivity contribution in [3.05, 3.63) is 60.8 Å². The van der Waals surface area contributed by atoms with Gasteiger partial charge in [0.15, 0.2) is 0 Å². The second kappa shape index (κ2) is 40.5. The van der Waals surface area contributed by atoms with E-state index in [0.29, 0.717) is 12.8 Å². The van der Waals surface area contributed by atoms with Gasteiger partial charge in [-0.15, -0.1) is 0 Å². The summed E-state index contributed by atoms with van der Waals surface area (Å²) < 4.78 is 0. The van der Waals surface area contributed by atoms with Crippen molar-refractivity contribution in [2.45, 2.75) is 212 Å². The molecule has 0 aliphatic carbocycles. The van der Waals surface area contributed by atoms with Gasteiger partial charge < -0.3 is 15.5 Å². The molecule has 2 atom stereocenters. The minimum atomic E-state index is -0.706. The quantitative estimate of drug-likeness (QED) is 0.0451. The Morgan fingerprint density at radius 1 is 0.490 bits per heavy atom. The minimum Gasteiger partial charge on any atom is -0.394 e. The summed E-state index contributed by atoms with van der Waals surface area (Å²) in [6.07, 6.45) is 55.8. The van der Waals surface area contributed by atoms with Crippen LogP contribution in [0.2, 0.25) is 0 Å². The molecule has 0 aromatic carbocycles. The number of amides is 1. The maximum Gasteiger partial charge on any atom is 0.220 e. The van der Waals surface area contributed by atoms with E-state index in [0.717, 1.165) is 51.4 Å². The number of hydrogen-bond acceptors (Lipinski definition) is 3. The van der Waals surface area contributed by atoms with Crippen molar-refractivity contribution in [1.29, 1.82) is 0 Å². The van der Waals surface area contributed by atoms with Crippen molar-refractivity contribution in [3.63, 3.8) is 0 Å². The Morgan fingerprint density at radius 3 is 1.27 bits per heavy atom. The highest BCUT2D eigenvalue weighted by atomic mass is 16.3. The molecule has 0 saturated carbocycles. The third-order valence-electron chi connectivity index (χ3n) is 9.25. The Balaban J connectivity index is 3.71. The van der Waals surface area contributed by atoms with Crippen molar-refractivity contribution < 1.29 is 15.0 Å². The minimum absolute atomic E-state index is 0.0965. The second-order valence-corrected chi connectivity index (χ2v) is 14.0. The lowest BCUT2D eigenvalue weighted by molar-refractivity contribution is -0.123. The van der Waals surface area contributed by atoms with Gasteiger partial charge in [0, 0.05) is 6.42 Å². The number of aliphatic hydroxyl groups is 2. The molecule has 49 heavy (non-hydrogen) atoms. The van der Waals surface area contributed by atoms with Gasteiger partial charge in [0.25, 0.3) is 0 Å². The number of rotatable bonds is 37. The predicted molar refractivity (Wildman–Crippen MR) is 216 cm³/mol. The summed E-state index contributed by atoms with van der Waals surface area (Å²) >= 11 is 0. The highest BCUT2D eigenvalue weighted by Gasteiger charge is 2.19. The number of carbonyl (C=O) groups is 1. The molecule has 0 radical (unpaired) electrons. The fourth-order valence-corrected chi connectivity index (χ4v) is 5.99. The predicted octanol–water partition coefficient (Wildman–Crippen LogP) is 13.0. The second-order valence-electron chi connectivity index (χ2n) is 14.0. The zero-order valence-corrected chi connectivity index (χ0v) is 32.4. The standard InChI is InChI=1S/C45H81NO3/c1-3-5-7-9-11-13-15-17-19-21-22-23-24-25-27-29-31-33-35-37-39-41-45(49)46-43(42-47)44(48)40-38-36-34-32-30-28-26-20-18-16-14-12-10-8-6-4-2/h19,21,23-24,27,29-30,32-33,35,43-44,47-48H,3-18,20,22,25-26,28,31,34,36-42H2,1-2H3,(H,46,49)/b21-19+,24-23+,29-27+,32-30+,35-33+/t43-,44+/m0/s1. The molecule has 0 aromatic heterocycles. The number of aliphatic hydroxyl groups excluding tert-OH is 2. The lowest BCUT2D eigenvalue weighted by atomic mass is 10.0. The highest BCUT2D eigenvalue weighted by Crippen LogP contribution is 2.13. The van der Waals surface area contributed by atoms with Gasteiger partial charge in [-0.1, -0.05) is 177 Å². The fourth-order valence-electron chi connectivity index (χ4n) is 5.99. The largest absolute Gasteiger partial charge is 0.394 e. The first-order valence-electron chi connectivity index (χ1n) is 21.0. The summed E-state index contributed by atoms with van der Waals surface area (Å²) in [7, 11) is 0. The summed E-state index contributed by atoms with van der Waals surface area (Å²) in [5.74, 6) is -0.0965. The molecule has 1 amide bonds. The van der Waals surface area contributed by atoms with Crippen LogP contribution in [0.25, 0.3) is 0 Å². The number of carbonyl (C=O) groups excluding carboxylic acids is 1. The average Bonchev–Trinajstić information content (AvgIpc) is 3.10. The van der Waals surface area contributed by atoms with Crippen LogP contribution in [0, 0.1) is 0 Å². The van der Waals surface area contributed by atoms with Gasteiger partial charge in [0.05, 0.1) is 18.8 Å². The van der Waals surface area contributed by atoms with Crippen LogP contribution in [-0.4, -0.2) is 34.9 Å². The van der Waals surface area contributed by atoms with Crippen LogP contribution in [0.5, 0.6) is 0 Å². The third kappa shape index (κ3) is 37.2. The Hall–Kier alpha value is -1.91. The molecule has 0 unspecified atom stereocenters. The topological polar surface area (TPSA) is 69.6 Å². The lowest BCUT2D eigenvalue weighted by Crippen LogP contribution is -2.45. The molecule has 0 rings (SSSR count). The SMILES string of the molecule is CCCCCCCCC/C=C/C/C=C/C/C=C/C/C=C/CCCC(=O)N[C@@H](CO)[C@H](O)CCCC/C=C/CCCCCCCCCCCC. The Bertz CT molecular complexity index is 827. The van der Waals surface area contributed by atoms with Crippen molar-refractivity contribution in [2.24, 2.45) is 0 Å². The van der Waals surface area contributed by atoms with Crippen molar-refractivity contribution >= 4 is 5.91 Å². The Morgan fingerprint density at radius 2 is 0.837 bits per heavy atom. The smallest absolute Gasteiger partial charge is 0.220 e. The van der Waals surface area contributed by atoms with Crippen LogP contribution in [0.4, 0.5) is 0 Å². The lowest BCUT2D eigenvalue weighted by Gasteiger charge is -2.22. The van der Waals surface area contributed by atoms with E-state index in [1.807, 2.05) is 0 Å². The molecule has 4 nitrogen and oxygen atoms in total. The zero-order chi connectivity index (χ0) is 35.7. The molecule has 0 bridgehead atoms. The number of allylic oxidation sites excluding steroid dienone is 10. The number of hydrogen-bond donors (Lipinski definition) is 3. The van der Waals surface area contributed by atoms with Gasteiger partial charge in [-0.3, -0.25) is 4.79 Å². The van der Waals surface area contributed by atoms with E-state index >= 15 is 0 Å². The molecule has 0 saturated heterocycles. The van der Waals surface area contributed by atoms with Crippen LogP contribution in [0.3, 0.4) is 0 Å². The normalized spacial score (nSPS) is 13.6. The molecule has 284 valence electrons. The maximum absolute atomic E-state index is 12.4. The molecule has 0 fully saturated rings. The summed E-state index contributed by atoms with van der Waals surface area (Å²) in [6.45, 7) is 4.31. The van der Waals surface area contributed by atoms with Crippen LogP contribution in [0.15, 0.2) is 60.8 Å². The van der Waals surface area contributed by atoms with Crippen LogP contribution >= 0.6 is 0 Å². The Kier molecular flexibility index (Phi) is 38.9. The monoisotopic (exact) mass is 684 g/mol. The first kappa shape index (κ1) is 47.1. The van der Waals surface area contributed by atoms with Gasteiger partial charge in [0.2, 0.25) is 5.91 Å². The molecular weight excluding hydrogens is 602 g/mol.